The summed E-state index contributed by atoms with van der Waals surface area (Å²) in [6.07, 6.45) is 2.79. The SMILES string of the molecule is O=C(O)Cn1cc(C(=O)NC(c2ccccc2)c2ccccc2)cn1. The summed E-state index contributed by atoms with van der Waals surface area (Å²) in [5, 5.41) is 15.7. The van der Waals surface area contributed by atoms with Crippen LogP contribution in [0.1, 0.15) is 27.5 Å². The molecule has 6 nitrogen and oxygen atoms in total. The van der Waals surface area contributed by atoms with Gasteiger partial charge in [-0.3, -0.25) is 14.3 Å². The number of carboxylic acid groups (broad SMARTS) is 1. The van der Waals surface area contributed by atoms with Gasteiger partial charge in [-0.1, -0.05) is 60.7 Å². The van der Waals surface area contributed by atoms with Gasteiger partial charge in [0.1, 0.15) is 6.54 Å². The van der Waals surface area contributed by atoms with Crippen molar-refractivity contribution in [2.45, 2.75) is 12.6 Å². The maximum Gasteiger partial charge on any atom is 0.325 e. The number of hydrogen-bond acceptors (Lipinski definition) is 3. The van der Waals surface area contributed by atoms with Gasteiger partial charge in [0.05, 0.1) is 17.8 Å². The molecule has 0 aliphatic heterocycles. The summed E-state index contributed by atoms with van der Waals surface area (Å²) in [7, 11) is 0. The van der Waals surface area contributed by atoms with Crippen LogP contribution in [-0.4, -0.2) is 26.8 Å². The maximum absolute atomic E-state index is 12.6. The van der Waals surface area contributed by atoms with Crippen LogP contribution >= 0.6 is 0 Å². The fourth-order valence-corrected chi connectivity index (χ4v) is 2.57. The average molecular weight is 335 g/mol. The summed E-state index contributed by atoms with van der Waals surface area (Å²) >= 11 is 0. The number of benzene rings is 2. The Morgan fingerprint density at radius 3 is 2.08 bits per heavy atom. The summed E-state index contributed by atoms with van der Waals surface area (Å²) in [5.41, 5.74) is 2.23. The summed E-state index contributed by atoms with van der Waals surface area (Å²) < 4.78 is 1.22. The highest BCUT2D eigenvalue weighted by atomic mass is 16.4. The van der Waals surface area contributed by atoms with Crippen molar-refractivity contribution in [2.24, 2.45) is 0 Å². The fraction of sp³-hybridized carbons (Fsp3) is 0.105. The van der Waals surface area contributed by atoms with Gasteiger partial charge in [0.2, 0.25) is 0 Å². The molecule has 6 heteroatoms. The van der Waals surface area contributed by atoms with E-state index < -0.39 is 5.97 Å². The van der Waals surface area contributed by atoms with Crippen LogP contribution in [0.5, 0.6) is 0 Å². The maximum atomic E-state index is 12.6. The molecule has 25 heavy (non-hydrogen) atoms. The molecule has 0 saturated heterocycles. The van der Waals surface area contributed by atoms with Crippen LogP contribution in [0, 0.1) is 0 Å². The summed E-state index contributed by atoms with van der Waals surface area (Å²) in [5.74, 6) is -1.32. The number of carbonyl (C=O) groups is 2. The van der Waals surface area contributed by atoms with Crippen molar-refractivity contribution >= 4 is 11.9 Å². The fourth-order valence-electron chi connectivity index (χ4n) is 2.57. The largest absolute Gasteiger partial charge is 0.480 e. The van der Waals surface area contributed by atoms with Gasteiger partial charge in [0, 0.05) is 6.20 Å². The zero-order chi connectivity index (χ0) is 17.6. The molecule has 0 aliphatic rings. The first-order valence-corrected chi connectivity index (χ1v) is 7.78. The van der Waals surface area contributed by atoms with E-state index in [1.165, 1.54) is 17.1 Å². The van der Waals surface area contributed by atoms with Crippen LogP contribution in [-0.2, 0) is 11.3 Å². The number of amides is 1. The van der Waals surface area contributed by atoms with Gasteiger partial charge in [0.25, 0.3) is 5.91 Å². The molecule has 0 atom stereocenters. The van der Waals surface area contributed by atoms with E-state index in [0.29, 0.717) is 5.56 Å². The molecular formula is C19H17N3O3. The lowest BCUT2D eigenvalue weighted by Gasteiger charge is -2.19. The number of nitrogens with zero attached hydrogens (tertiary/aromatic N) is 2. The zero-order valence-corrected chi connectivity index (χ0v) is 13.4. The van der Waals surface area contributed by atoms with Gasteiger partial charge < -0.3 is 10.4 Å². The molecule has 0 aliphatic carbocycles. The number of carboxylic acids is 1. The summed E-state index contributed by atoms with van der Waals surface area (Å²) in [6.45, 7) is -0.284. The second-order valence-electron chi connectivity index (χ2n) is 5.55. The van der Waals surface area contributed by atoms with Crippen LogP contribution in [0.3, 0.4) is 0 Å². The molecular weight excluding hydrogens is 318 g/mol. The van der Waals surface area contributed by atoms with Crippen molar-refractivity contribution < 1.29 is 14.7 Å². The number of nitrogens with one attached hydrogen (secondary N) is 1. The Hall–Kier alpha value is -3.41. The van der Waals surface area contributed by atoms with Crippen molar-refractivity contribution in [3.63, 3.8) is 0 Å². The second kappa shape index (κ2) is 7.44. The van der Waals surface area contributed by atoms with Gasteiger partial charge >= 0.3 is 5.97 Å². The Morgan fingerprint density at radius 1 is 1.00 bits per heavy atom. The highest BCUT2D eigenvalue weighted by Gasteiger charge is 2.18. The average Bonchev–Trinajstić information content (AvgIpc) is 3.09. The molecule has 0 bridgehead atoms. The van der Waals surface area contributed by atoms with Crippen LogP contribution in [0.15, 0.2) is 73.1 Å². The van der Waals surface area contributed by atoms with Gasteiger partial charge in [0.15, 0.2) is 0 Å². The molecule has 1 amide bonds. The van der Waals surface area contributed by atoms with Crippen LogP contribution in [0.2, 0.25) is 0 Å². The third-order valence-electron chi connectivity index (χ3n) is 3.73. The molecule has 0 spiro atoms. The monoisotopic (exact) mass is 335 g/mol. The van der Waals surface area contributed by atoms with Crippen molar-refractivity contribution in [3.8, 4) is 0 Å². The molecule has 1 heterocycles. The van der Waals surface area contributed by atoms with E-state index in [-0.39, 0.29) is 18.5 Å². The molecule has 0 unspecified atom stereocenters. The van der Waals surface area contributed by atoms with Crippen LogP contribution in [0.25, 0.3) is 0 Å². The number of aromatic nitrogens is 2. The third-order valence-corrected chi connectivity index (χ3v) is 3.73. The van der Waals surface area contributed by atoms with E-state index in [0.717, 1.165) is 11.1 Å². The highest BCUT2D eigenvalue weighted by molar-refractivity contribution is 5.94. The second-order valence-corrected chi connectivity index (χ2v) is 5.55. The Bertz CT molecular complexity index is 820. The predicted molar refractivity (Wildman–Crippen MR) is 92.1 cm³/mol. The minimum atomic E-state index is -1.01. The van der Waals surface area contributed by atoms with E-state index in [2.05, 4.69) is 10.4 Å². The zero-order valence-electron chi connectivity index (χ0n) is 13.4. The Balaban J connectivity index is 1.84. The Labute approximate surface area is 144 Å². The first-order chi connectivity index (χ1) is 12.1. The number of rotatable bonds is 6. The van der Waals surface area contributed by atoms with Gasteiger partial charge in [-0.15, -0.1) is 0 Å². The molecule has 3 aromatic rings. The topological polar surface area (TPSA) is 84.2 Å². The molecule has 0 fully saturated rings. The number of hydrogen-bond donors (Lipinski definition) is 2. The minimum Gasteiger partial charge on any atom is -0.480 e. The lowest BCUT2D eigenvalue weighted by molar-refractivity contribution is -0.137. The summed E-state index contributed by atoms with van der Waals surface area (Å²) in [6, 6.07) is 19.0. The molecule has 2 aromatic carbocycles. The van der Waals surface area contributed by atoms with E-state index >= 15 is 0 Å². The standard InChI is InChI=1S/C19H17N3O3/c23-17(24)13-22-12-16(11-20-22)19(25)21-18(14-7-3-1-4-8-14)15-9-5-2-6-10-15/h1-12,18H,13H2,(H,21,25)(H,23,24). The van der Waals surface area contributed by atoms with Crippen molar-refractivity contribution in [2.75, 3.05) is 0 Å². The highest BCUT2D eigenvalue weighted by Crippen LogP contribution is 2.22. The minimum absolute atomic E-state index is 0.284. The first kappa shape index (κ1) is 16.4. The molecule has 0 saturated carbocycles. The van der Waals surface area contributed by atoms with Gasteiger partial charge in [-0.25, -0.2) is 0 Å². The quantitative estimate of drug-likeness (QED) is 0.725. The van der Waals surface area contributed by atoms with Gasteiger partial charge in [-0.2, -0.15) is 5.10 Å². The molecule has 2 N–H and O–H groups in total. The first-order valence-electron chi connectivity index (χ1n) is 7.78. The van der Waals surface area contributed by atoms with Crippen molar-refractivity contribution in [1.82, 2.24) is 15.1 Å². The van der Waals surface area contributed by atoms with E-state index in [9.17, 15) is 9.59 Å². The molecule has 1 aromatic heterocycles. The third kappa shape index (κ3) is 4.11. The Kier molecular flexibility index (Phi) is 4.89. The predicted octanol–water partition coefficient (Wildman–Crippen LogP) is 2.49. The smallest absolute Gasteiger partial charge is 0.325 e. The summed E-state index contributed by atoms with van der Waals surface area (Å²) in [4.78, 5) is 23.3. The van der Waals surface area contributed by atoms with Crippen LogP contribution < -0.4 is 5.32 Å². The number of carbonyl (C=O) groups excluding carboxylic acids is 1. The van der Waals surface area contributed by atoms with Crippen molar-refractivity contribution in [1.29, 1.82) is 0 Å². The Morgan fingerprint density at radius 2 is 1.56 bits per heavy atom. The molecule has 0 radical (unpaired) electrons. The molecule has 126 valence electrons. The lowest BCUT2D eigenvalue weighted by Crippen LogP contribution is -2.29. The lowest BCUT2D eigenvalue weighted by atomic mass is 9.98. The number of aliphatic carboxylic acids is 1. The van der Waals surface area contributed by atoms with E-state index in [1.54, 1.807) is 0 Å². The molecule has 3 rings (SSSR count). The van der Waals surface area contributed by atoms with E-state index in [1.807, 2.05) is 60.7 Å². The van der Waals surface area contributed by atoms with E-state index in [4.69, 9.17) is 5.11 Å². The normalized spacial score (nSPS) is 10.6. The van der Waals surface area contributed by atoms with Crippen LogP contribution in [0.4, 0.5) is 0 Å². The van der Waals surface area contributed by atoms with Crippen molar-refractivity contribution in [3.05, 3.63) is 89.7 Å². The van der Waals surface area contributed by atoms with Gasteiger partial charge in [-0.05, 0) is 11.1 Å².